The van der Waals surface area contributed by atoms with Crippen molar-refractivity contribution < 1.29 is 9.31 Å². The summed E-state index contributed by atoms with van der Waals surface area (Å²) in [5.41, 5.74) is 0.429. The molecule has 0 bridgehead atoms. The lowest BCUT2D eigenvalue weighted by Crippen LogP contribution is -2.41. The minimum absolute atomic E-state index is 0.397. The molecular weight excluding hydrogens is 253 g/mol. The van der Waals surface area contributed by atoms with Crippen LogP contribution in [-0.4, -0.2) is 37.4 Å². The topological polar surface area (TPSA) is 58.4 Å². The fourth-order valence-electron chi connectivity index (χ4n) is 1.99. The Morgan fingerprint density at radius 1 is 1.15 bits per heavy atom. The zero-order valence-corrected chi connectivity index (χ0v) is 12.9. The van der Waals surface area contributed by atoms with Crippen molar-refractivity contribution in [1.82, 2.24) is 4.98 Å². The van der Waals surface area contributed by atoms with E-state index in [1.807, 2.05) is 46.7 Å². The fourth-order valence-corrected chi connectivity index (χ4v) is 1.99. The van der Waals surface area contributed by atoms with Crippen LogP contribution in [0.2, 0.25) is 0 Å². The van der Waals surface area contributed by atoms with Gasteiger partial charge in [-0.25, -0.2) is 4.98 Å². The van der Waals surface area contributed by atoms with Gasteiger partial charge >= 0.3 is 7.12 Å². The van der Waals surface area contributed by atoms with Crippen molar-refractivity contribution in [3.8, 4) is 6.07 Å². The quantitative estimate of drug-likeness (QED) is 0.760. The van der Waals surface area contributed by atoms with Gasteiger partial charge < -0.3 is 14.2 Å². The monoisotopic (exact) mass is 273 g/mol. The van der Waals surface area contributed by atoms with Gasteiger partial charge in [0, 0.05) is 14.1 Å². The molecule has 0 aromatic carbocycles. The molecule has 0 N–H and O–H groups in total. The van der Waals surface area contributed by atoms with Crippen LogP contribution in [0.25, 0.3) is 0 Å². The molecule has 5 nitrogen and oxygen atoms in total. The Morgan fingerprint density at radius 3 is 2.15 bits per heavy atom. The molecule has 2 rings (SSSR count). The molecule has 0 atom stereocenters. The summed E-state index contributed by atoms with van der Waals surface area (Å²) in [6.07, 6.45) is 0. The second-order valence-corrected chi connectivity index (χ2v) is 6.20. The Labute approximate surface area is 120 Å². The molecule has 0 radical (unpaired) electrons. The Balaban J connectivity index is 2.37. The molecule has 0 amide bonds. The van der Waals surface area contributed by atoms with Gasteiger partial charge in [0.05, 0.1) is 22.4 Å². The highest BCUT2D eigenvalue weighted by molar-refractivity contribution is 6.61. The number of rotatable bonds is 2. The minimum atomic E-state index is -0.508. The Hall–Kier alpha value is -1.58. The summed E-state index contributed by atoms with van der Waals surface area (Å²) < 4.78 is 11.9. The van der Waals surface area contributed by atoms with Crippen LogP contribution in [0, 0.1) is 11.3 Å². The Morgan fingerprint density at radius 2 is 1.70 bits per heavy atom. The first-order valence-electron chi connectivity index (χ1n) is 6.62. The number of hydrogen-bond acceptors (Lipinski definition) is 5. The van der Waals surface area contributed by atoms with Gasteiger partial charge in [-0.1, -0.05) is 0 Å². The lowest BCUT2D eigenvalue weighted by Gasteiger charge is -2.32. The number of hydrogen-bond donors (Lipinski definition) is 0. The first-order valence-corrected chi connectivity index (χ1v) is 6.62. The van der Waals surface area contributed by atoms with Crippen LogP contribution < -0.4 is 10.5 Å². The van der Waals surface area contributed by atoms with Gasteiger partial charge in [-0.3, -0.25) is 0 Å². The van der Waals surface area contributed by atoms with Crippen LogP contribution in [0.4, 0.5) is 5.82 Å². The van der Waals surface area contributed by atoms with Crippen LogP contribution >= 0.6 is 0 Å². The van der Waals surface area contributed by atoms with Gasteiger partial charge in [0.1, 0.15) is 11.9 Å². The zero-order chi connectivity index (χ0) is 15.1. The van der Waals surface area contributed by atoms with Crippen molar-refractivity contribution in [1.29, 1.82) is 5.26 Å². The first-order chi connectivity index (χ1) is 9.18. The summed E-state index contributed by atoms with van der Waals surface area (Å²) >= 11 is 0. The maximum atomic E-state index is 9.11. The van der Waals surface area contributed by atoms with Crippen molar-refractivity contribution >= 4 is 18.5 Å². The van der Waals surface area contributed by atoms with E-state index >= 15 is 0 Å². The van der Waals surface area contributed by atoms with E-state index in [1.54, 1.807) is 12.1 Å². The summed E-state index contributed by atoms with van der Waals surface area (Å²) in [5.74, 6) is 0.625. The van der Waals surface area contributed by atoms with E-state index in [9.17, 15) is 0 Å². The molecule has 1 fully saturated rings. The maximum absolute atomic E-state index is 9.11. The number of nitriles is 1. The van der Waals surface area contributed by atoms with E-state index in [4.69, 9.17) is 14.6 Å². The fraction of sp³-hybridized carbons (Fsp3) is 0.571. The Bertz CT molecular complexity index is 548. The molecule has 106 valence electrons. The van der Waals surface area contributed by atoms with Crippen molar-refractivity contribution in [3.63, 3.8) is 0 Å². The number of aromatic nitrogens is 1. The molecule has 1 aromatic heterocycles. The molecule has 1 aliphatic rings. The number of nitrogens with zero attached hydrogens (tertiary/aromatic N) is 3. The van der Waals surface area contributed by atoms with Crippen molar-refractivity contribution in [2.75, 3.05) is 19.0 Å². The van der Waals surface area contributed by atoms with Gasteiger partial charge in [0.25, 0.3) is 0 Å². The molecule has 0 aliphatic carbocycles. The van der Waals surface area contributed by atoms with Crippen molar-refractivity contribution in [2.45, 2.75) is 38.9 Å². The molecular formula is C14H20BN3O2. The molecule has 0 saturated carbocycles. The van der Waals surface area contributed by atoms with E-state index in [1.165, 1.54) is 0 Å². The highest BCUT2D eigenvalue weighted by Gasteiger charge is 2.52. The van der Waals surface area contributed by atoms with Crippen LogP contribution in [-0.2, 0) is 9.31 Å². The maximum Gasteiger partial charge on any atom is 0.514 e. The van der Waals surface area contributed by atoms with Crippen molar-refractivity contribution in [2.24, 2.45) is 0 Å². The highest BCUT2D eigenvalue weighted by atomic mass is 16.7. The van der Waals surface area contributed by atoms with Gasteiger partial charge in [-0.05, 0) is 39.8 Å². The van der Waals surface area contributed by atoms with E-state index in [0.29, 0.717) is 17.0 Å². The molecule has 1 saturated heterocycles. The summed E-state index contributed by atoms with van der Waals surface area (Å²) in [4.78, 5) is 6.32. The van der Waals surface area contributed by atoms with Gasteiger partial charge in [-0.2, -0.15) is 5.26 Å². The van der Waals surface area contributed by atoms with E-state index < -0.39 is 18.3 Å². The standard InChI is InChI=1S/C14H20BN3O2/c1-13(2)14(3,4)20-15(19-13)11-8-7-10(9-16)12(17-11)18(5)6/h7-8H,1-6H3. The molecule has 1 aromatic rings. The average molecular weight is 273 g/mol. The number of pyridine rings is 1. The van der Waals surface area contributed by atoms with Crippen LogP contribution in [0.15, 0.2) is 12.1 Å². The second kappa shape index (κ2) is 4.76. The third kappa shape index (κ3) is 2.39. The predicted molar refractivity (Wildman–Crippen MR) is 79.0 cm³/mol. The minimum Gasteiger partial charge on any atom is -0.398 e. The summed E-state index contributed by atoms with van der Waals surface area (Å²) in [5, 5.41) is 9.11. The first kappa shape index (κ1) is 14.8. The van der Waals surface area contributed by atoms with E-state index in [2.05, 4.69) is 11.1 Å². The largest absolute Gasteiger partial charge is 0.514 e. The molecule has 0 unspecified atom stereocenters. The van der Waals surface area contributed by atoms with Crippen LogP contribution in [0.1, 0.15) is 33.3 Å². The van der Waals surface area contributed by atoms with Crippen LogP contribution in [0.3, 0.4) is 0 Å². The lowest BCUT2D eigenvalue weighted by atomic mass is 9.84. The van der Waals surface area contributed by atoms with Gasteiger partial charge in [0.15, 0.2) is 0 Å². The number of anilines is 1. The van der Waals surface area contributed by atoms with Crippen LogP contribution in [0.5, 0.6) is 0 Å². The molecule has 2 heterocycles. The smallest absolute Gasteiger partial charge is 0.398 e. The lowest BCUT2D eigenvalue weighted by molar-refractivity contribution is 0.00578. The van der Waals surface area contributed by atoms with Gasteiger partial charge in [-0.15, -0.1) is 0 Å². The Kier molecular flexibility index (Phi) is 3.53. The molecule has 0 spiro atoms. The summed E-state index contributed by atoms with van der Waals surface area (Å²) in [6, 6.07) is 5.68. The van der Waals surface area contributed by atoms with E-state index in [0.717, 1.165) is 0 Å². The van der Waals surface area contributed by atoms with Crippen molar-refractivity contribution in [3.05, 3.63) is 17.7 Å². The third-order valence-electron chi connectivity index (χ3n) is 3.94. The summed E-state index contributed by atoms with van der Waals surface area (Å²) in [6.45, 7) is 8.01. The zero-order valence-electron chi connectivity index (χ0n) is 12.9. The predicted octanol–water partition coefficient (Wildman–Crippen LogP) is 1.32. The molecule has 20 heavy (non-hydrogen) atoms. The summed E-state index contributed by atoms with van der Waals surface area (Å²) in [7, 11) is 3.21. The molecule has 1 aliphatic heterocycles. The second-order valence-electron chi connectivity index (χ2n) is 6.20. The average Bonchev–Trinajstić information content (AvgIpc) is 2.57. The highest BCUT2D eigenvalue weighted by Crippen LogP contribution is 2.36. The van der Waals surface area contributed by atoms with E-state index in [-0.39, 0.29) is 0 Å². The SMILES string of the molecule is CN(C)c1nc(B2OC(C)(C)C(C)(C)O2)ccc1C#N. The van der Waals surface area contributed by atoms with Gasteiger partial charge in [0.2, 0.25) is 0 Å². The molecule has 6 heteroatoms. The normalized spacial score (nSPS) is 19.8. The third-order valence-corrected chi connectivity index (χ3v) is 3.94.